The van der Waals surface area contributed by atoms with Gasteiger partial charge in [-0.1, -0.05) is 34.8 Å². The first-order valence-corrected chi connectivity index (χ1v) is 36.3. The molecule has 0 radical (unpaired) electrons. The molecule has 39 heteroatoms. The Morgan fingerprint density at radius 1 is 0.452 bits per heavy atom. The van der Waals surface area contributed by atoms with E-state index in [9.17, 15) is 55.5 Å². The monoisotopic (exact) mass is 1730 g/mol. The number of esters is 1. The molecule has 3 saturated heterocycles. The van der Waals surface area contributed by atoms with E-state index in [-0.39, 0.29) is 108 Å². The summed E-state index contributed by atoms with van der Waals surface area (Å²) >= 11 is 20.7. The SMILES string of the molecule is C1CCNC1.CN1Cc2nc(Cl)cc(Cl)c2C1=O.COC(=O)c1ccc(N)c(OC)c1F.COc1c(N)ccc(Br)c1F.COc1c(N)ccc(C(=O)N2CCCC2)c1F.COc1c(N)ccc(C(=O)O)c1F.COc1c(N)ccc(C(=O)O)c1F.COc1c(Nc2cc(Cl)nc3c2C(=O)N(C)C3)ccc(C(=O)N2CCCC2)c1F. The average molecular weight is 1730 g/mol. The van der Waals surface area contributed by atoms with Crippen molar-refractivity contribution < 1.29 is 103 Å². The summed E-state index contributed by atoms with van der Waals surface area (Å²) in [6.45, 7) is 5.94. The Hall–Kier alpha value is -11.6. The zero-order valence-corrected chi connectivity index (χ0v) is 67.3. The number of ether oxygens (including phenoxy) is 7. The normalized spacial score (nSPS) is 13.2. The third kappa shape index (κ3) is 23.1. The quantitative estimate of drug-likeness (QED) is 0.0224. The number of carboxylic acid groups (broad SMARTS) is 2. The number of hydrogen-bond acceptors (Lipinski definition) is 23. The highest BCUT2D eigenvalue weighted by atomic mass is 79.9. The molecule has 5 aliphatic heterocycles. The summed E-state index contributed by atoms with van der Waals surface area (Å²) in [7, 11) is 12.3. The van der Waals surface area contributed by atoms with Crippen molar-refractivity contribution in [1.29, 1.82) is 0 Å². The number of nitrogens with zero attached hydrogens (tertiary/aromatic N) is 6. The van der Waals surface area contributed by atoms with Gasteiger partial charge in [-0.3, -0.25) is 19.2 Å². The summed E-state index contributed by atoms with van der Waals surface area (Å²) in [6.07, 6.45) is 6.56. The molecule has 0 atom stereocenters. The molecule has 29 nitrogen and oxygen atoms in total. The zero-order chi connectivity index (χ0) is 85.4. The predicted octanol–water partition coefficient (Wildman–Crippen LogP) is 13.1. The van der Waals surface area contributed by atoms with Crippen LogP contribution in [0.3, 0.4) is 0 Å². The Bertz CT molecular complexity index is 4820. The Morgan fingerprint density at radius 3 is 1.16 bits per heavy atom. The lowest BCUT2D eigenvalue weighted by Gasteiger charge is -2.19. The van der Waals surface area contributed by atoms with Gasteiger partial charge in [0.1, 0.15) is 10.3 Å². The summed E-state index contributed by atoms with van der Waals surface area (Å²) in [5.41, 5.74) is 29.5. The zero-order valence-electron chi connectivity index (χ0n) is 63.4. The number of anilines is 7. The molecule has 6 aromatic carbocycles. The number of hydrogen-bond donors (Lipinski definition) is 9. The van der Waals surface area contributed by atoms with Crippen LogP contribution >= 0.6 is 50.7 Å². The second-order valence-corrected chi connectivity index (χ2v) is 26.8. The Morgan fingerprint density at radius 2 is 0.783 bits per heavy atom. The van der Waals surface area contributed by atoms with E-state index in [1.165, 1.54) is 141 Å². The molecule has 0 unspecified atom stereocenters. The molecule has 115 heavy (non-hydrogen) atoms. The van der Waals surface area contributed by atoms with E-state index in [1.807, 2.05) is 0 Å². The molecule has 5 aliphatic rings. The van der Waals surface area contributed by atoms with Crippen LogP contribution in [0, 0.1) is 34.9 Å². The number of amides is 4. The second-order valence-electron chi connectivity index (χ2n) is 24.8. The van der Waals surface area contributed by atoms with Gasteiger partial charge in [-0.2, -0.15) is 0 Å². The summed E-state index contributed by atoms with van der Waals surface area (Å²) in [5.74, 6) is -9.69. The first-order chi connectivity index (χ1) is 54.6. The number of halogens is 10. The van der Waals surface area contributed by atoms with Crippen molar-refractivity contribution in [1.82, 2.24) is 34.9 Å². The van der Waals surface area contributed by atoms with E-state index in [2.05, 4.69) is 50.7 Å². The lowest BCUT2D eigenvalue weighted by molar-refractivity contribution is 0.0592. The molecule has 618 valence electrons. The van der Waals surface area contributed by atoms with Crippen LogP contribution < -0.4 is 67.7 Å². The minimum atomic E-state index is -1.35. The molecule has 7 heterocycles. The molecule has 2 aromatic heterocycles. The van der Waals surface area contributed by atoms with Crippen LogP contribution in [0.1, 0.15) is 122 Å². The van der Waals surface area contributed by atoms with Gasteiger partial charge in [0.25, 0.3) is 23.6 Å². The highest BCUT2D eigenvalue weighted by molar-refractivity contribution is 9.10. The number of fused-ring (bicyclic) bond motifs is 2. The van der Waals surface area contributed by atoms with Gasteiger partial charge >= 0.3 is 17.9 Å². The molecule has 8 aromatic rings. The third-order valence-electron chi connectivity index (χ3n) is 17.2. The summed E-state index contributed by atoms with van der Waals surface area (Å²) in [5, 5.41) is 24.3. The van der Waals surface area contributed by atoms with E-state index in [0.717, 1.165) is 37.8 Å². The third-order valence-corrected chi connectivity index (χ3v) is 18.5. The van der Waals surface area contributed by atoms with E-state index in [4.69, 9.17) is 92.6 Å². The molecular weight excluding hydrogens is 1650 g/mol. The van der Waals surface area contributed by atoms with Crippen LogP contribution in [0.5, 0.6) is 34.5 Å². The standard InChI is InChI=1S/C20H20ClFN4O3.C12H15FN2O2.C9H10FNO3.C8H6Cl2N2O.2C8H8FNO3.C7H7BrFNO.C4H9N/c1-25-10-14-16(20(25)28)13(9-15(21)24-14)23-12-6-5-11(17(22)18(12)29-2)19(27)26-7-3-4-8-26;1-17-11-9(14)5-4-8(10(11)13)12(16)15-6-2-3-7-15;1-13-8-6(11)4-3-5(7(8)10)9(12)14-2;1-12-3-5-7(8(12)13)4(9)2-6(10)11-5;2*1-13-7-5(10)3-2-4(6(7)9)8(11)12;1-11-7-5(10)3-2-4(8)6(7)9;1-2-4-5-3-1/h5-6,9H,3-4,7-8,10H2,1-2H3,(H,23,24);4-5H,2-3,6-7,14H2,1H3;3-4H,11H2,1-2H3;2H,3H2,1H3;2*2-3H,10H2,1H3,(H,11,12);2-3H,10H2,1H3;5H,1-4H2. The topological polar surface area (TPSA) is 417 Å². The number of nitrogen functional groups attached to an aromatic ring is 5. The number of rotatable bonds is 13. The number of aromatic nitrogens is 2. The van der Waals surface area contributed by atoms with Gasteiger partial charge in [-0.05, 0) is 152 Å². The number of carboxylic acids is 2. The first-order valence-electron chi connectivity index (χ1n) is 34.4. The molecule has 3 fully saturated rings. The summed E-state index contributed by atoms with van der Waals surface area (Å²) in [4.78, 5) is 95.2. The van der Waals surface area contributed by atoms with E-state index >= 15 is 4.39 Å². The van der Waals surface area contributed by atoms with Gasteiger partial charge in [-0.25, -0.2) is 50.7 Å². The maximum Gasteiger partial charge on any atom is 0.340 e. The van der Waals surface area contributed by atoms with Crippen molar-refractivity contribution in [2.45, 2.75) is 51.6 Å². The Kier molecular flexibility index (Phi) is 34.5. The number of nitrogens with two attached hydrogens (primary N) is 5. The van der Waals surface area contributed by atoms with Crippen LogP contribution in [0.25, 0.3) is 0 Å². The van der Waals surface area contributed by atoms with Crippen molar-refractivity contribution in [3.8, 4) is 34.5 Å². The van der Waals surface area contributed by atoms with Crippen molar-refractivity contribution in [2.24, 2.45) is 0 Å². The average Bonchev–Trinajstić information content (AvgIpc) is 1.67. The van der Waals surface area contributed by atoms with Gasteiger partial charge < -0.3 is 102 Å². The number of benzene rings is 6. The van der Waals surface area contributed by atoms with Crippen molar-refractivity contribution in [3.63, 3.8) is 0 Å². The molecule has 4 amide bonds. The van der Waals surface area contributed by atoms with Gasteiger partial charge in [-0.15, -0.1) is 0 Å². The number of aromatic carboxylic acids is 2. The largest absolute Gasteiger partial charge is 0.492 e. The number of carbonyl (C=O) groups excluding carboxylic acids is 5. The molecule has 0 spiro atoms. The van der Waals surface area contributed by atoms with Crippen LogP contribution in [0.4, 0.5) is 66.2 Å². The highest BCUT2D eigenvalue weighted by Gasteiger charge is 2.33. The van der Waals surface area contributed by atoms with Crippen LogP contribution in [0.15, 0.2) is 89.4 Å². The van der Waals surface area contributed by atoms with E-state index < -0.39 is 63.9 Å². The predicted molar refractivity (Wildman–Crippen MR) is 423 cm³/mol. The number of nitrogens with one attached hydrogen (secondary N) is 2. The Balaban J connectivity index is 0.000000212. The van der Waals surface area contributed by atoms with Gasteiger partial charge in [0.2, 0.25) is 0 Å². The lowest BCUT2D eigenvalue weighted by Crippen LogP contribution is -2.28. The maximum atomic E-state index is 15.1. The smallest absolute Gasteiger partial charge is 0.340 e. The second kappa shape index (κ2) is 43.0. The summed E-state index contributed by atoms with van der Waals surface area (Å²) in [6, 6.07) is 19.4. The fourth-order valence-electron chi connectivity index (χ4n) is 11.5. The van der Waals surface area contributed by atoms with Crippen molar-refractivity contribution in [2.75, 3.05) is 137 Å². The number of pyridine rings is 2. The van der Waals surface area contributed by atoms with Crippen LogP contribution in [0.2, 0.25) is 15.3 Å². The van der Waals surface area contributed by atoms with E-state index in [1.54, 1.807) is 40.9 Å². The summed E-state index contributed by atoms with van der Waals surface area (Å²) < 4.78 is 115. The number of likely N-dealkylation sites (tertiary alicyclic amines) is 2. The fraction of sp³-hybridized carbons (Fsp3) is 0.303. The molecule has 0 bridgehead atoms. The minimum Gasteiger partial charge on any atom is -0.492 e. The molecule has 13 rings (SSSR count). The van der Waals surface area contributed by atoms with Gasteiger partial charge in [0, 0.05) is 40.3 Å². The Labute approximate surface area is 679 Å². The maximum absolute atomic E-state index is 15.1. The van der Waals surface area contributed by atoms with Gasteiger partial charge in [0.15, 0.2) is 69.4 Å². The number of methoxy groups -OCH3 is 7. The highest BCUT2D eigenvalue weighted by Crippen LogP contribution is 2.39. The minimum absolute atomic E-state index is 0.0259. The molecule has 0 saturated carbocycles. The van der Waals surface area contributed by atoms with Crippen LogP contribution in [-0.4, -0.2) is 184 Å². The van der Waals surface area contributed by atoms with Crippen molar-refractivity contribution >= 4 is 132 Å². The molecular formula is C76H83BrCl3F6N13O16. The molecule has 0 aliphatic carbocycles. The van der Waals surface area contributed by atoms with Crippen molar-refractivity contribution in [3.05, 3.63) is 190 Å². The fourth-order valence-corrected chi connectivity index (χ4v) is 12.5. The lowest BCUT2D eigenvalue weighted by atomic mass is 10.1. The van der Waals surface area contributed by atoms with Gasteiger partial charge in [0.05, 0.1) is 162 Å². The van der Waals surface area contributed by atoms with E-state index in [0.29, 0.717) is 87.8 Å². The molecule has 14 N–H and O–H groups in total. The van der Waals surface area contributed by atoms with Crippen LogP contribution in [-0.2, 0) is 17.8 Å². The number of carbonyl (C=O) groups is 7. The first kappa shape index (κ1) is 92.3.